The van der Waals surface area contributed by atoms with E-state index < -0.39 is 16.1 Å². The summed E-state index contributed by atoms with van der Waals surface area (Å²) in [6.45, 7) is 14.2. The topological polar surface area (TPSA) is 12.4 Å². The van der Waals surface area contributed by atoms with Gasteiger partial charge in [0.15, 0.2) is 0 Å². The summed E-state index contributed by atoms with van der Waals surface area (Å²) in [5, 5.41) is 1.45. The van der Waals surface area contributed by atoms with Gasteiger partial charge in [0.1, 0.15) is 0 Å². The molecule has 0 atom stereocenters. The Morgan fingerprint density at radius 3 is 2.11 bits per heavy atom. The molecule has 0 saturated carbocycles. The summed E-state index contributed by atoms with van der Waals surface area (Å²) in [7, 11) is -2.57. The fourth-order valence-electron chi connectivity index (χ4n) is 1.63. The third kappa shape index (κ3) is 5.93. The van der Waals surface area contributed by atoms with E-state index in [2.05, 4.69) is 68.8 Å². The normalized spacial score (nSPS) is 14.2. The molecule has 0 bridgehead atoms. The monoisotopic (exact) mass is 307 g/mol. The van der Waals surface area contributed by atoms with Crippen molar-refractivity contribution in [2.24, 2.45) is 4.99 Å². The molecule has 1 aromatic carbocycles. The Bertz CT molecular complexity index is 494. The SMILES string of the molecule is C[Si](C)(C)C=C(C=Nc1ccccc1S)[Si](C)(C)C. The van der Waals surface area contributed by atoms with Gasteiger partial charge in [-0.2, -0.15) is 0 Å². The molecule has 0 fully saturated rings. The molecule has 0 spiro atoms. The fraction of sp³-hybridized carbons (Fsp3) is 0.400. The van der Waals surface area contributed by atoms with Gasteiger partial charge in [0.25, 0.3) is 0 Å². The Kier molecular flexibility index (Phi) is 5.41. The zero-order valence-electron chi connectivity index (χ0n) is 12.9. The summed E-state index contributed by atoms with van der Waals surface area (Å²) in [5.74, 6) is 0. The van der Waals surface area contributed by atoms with E-state index in [4.69, 9.17) is 0 Å². The zero-order valence-corrected chi connectivity index (χ0v) is 15.8. The maximum absolute atomic E-state index is 4.64. The molecule has 0 N–H and O–H groups in total. The summed E-state index contributed by atoms with van der Waals surface area (Å²) in [6, 6.07) is 7.98. The van der Waals surface area contributed by atoms with Crippen molar-refractivity contribution in [2.45, 2.75) is 44.2 Å². The first-order valence-electron chi connectivity index (χ1n) is 6.65. The van der Waals surface area contributed by atoms with E-state index in [9.17, 15) is 0 Å². The van der Waals surface area contributed by atoms with Crippen molar-refractivity contribution >= 4 is 40.7 Å². The van der Waals surface area contributed by atoms with E-state index in [0.717, 1.165) is 10.6 Å². The molecule has 104 valence electrons. The van der Waals surface area contributed by atoms with Gasteiger partial charge in [-0.1, -0.05) is 57.1 Å². The average molecular weight is 308 g/mol. The maximum Gasteiger partial charge on any atom is 0.0786 e. The van der Waals surface area contributed by atoms with Crippen LogP contribution in [-0.2, 0) is 0 Å². The molecule has 0 saturated heterocycles. The van der Waals surface area contributed by atoms with Crippen LogP contribution < -0.4 is 0 Å². The van der Waals surface area contributed by atoms with E-state index in [-0.39, 0.29) is 0 Å². The van der Waals surface area contributed by atoms with Crippen LogP contribution in [0.3, 0.4) is 0 Å². The first-order chi connectivity index (χ1) is 8.59. The van der Waals surface area contributed by atoms with Crippen LogP contribution in [0.2, 0.25) is 39.3 Å². The number of aliphatic imine (C=N–C) groups is 1. The number of hydrogen-bond donors (Lipinski definition) is 1. The lowest BCUT2D eigenvalue weighted by Gasteiger charge is -2.21. The maximum atomic E-state index is 4.64. The predicted molar refractivity (Wildman–Crippen MR) is 96.6 cm³/mol. The average Bonchev–Trinajstić information content (AvgIpc) is 2.23. The zero-order chi connectivity index (χ0) is 14.7. The largest absolute Gasteiger partial charge is 0.256 e. The molecule has 1 rings (SSSR count). The van der Waals surface area contributed by atoms with Crippen molar-refractivity contribution in [3.63, 3.8) is 0 Å². The Hall–Kier alpha value is -0.586. The first-order valence-corrected chi connectivity index (χ1v) is 14.2. The number of para-hydroxylation sites is 1. The second kappa shape index (κ2) is 6.24. The first kappa shape index (κ1) is 16.5. The van der Waals surface area contributed by atoms with E-state index in [0.29, 0.717) is 0 Å². The summed E-state index contributed by atoms with van der Waals surface area (Å²) in [5.41, 5.74) is 3.44. The van der Waals surface area contributed by atoms with Gasteiger partial charge in [0, 0.05) is 11.1 Å². The fourth-order valence-corrected chi connectivity index (χ4v) is 6.34. The summed E-state index contributed by atoms with van der Waals surface area (Å²) in [4.78, 5) is 5.58. The Morgan fingerprint density at radius 2 is 1.63 bits per heavy atom. The smallest absolute Gasteiger partial charge is 0.0786 e. The van der Waals surface area contributed by atoms with E-state index in [1.807, 2.05) is 24.3 Å². The minimum absolute atomic E-state index is 0.932. The Balaban J connectivity index is 3.10. The number of rotatable bonds is 4. The molecular weight excluding hydrogens is 282 g/mol. The van der Waals surface area contributed by atoms with Gasteiger partial charge in [0.2, 0.25) is 0 Å². The van der Waals surface area contributed by atoms with Crippen LogP contribution in [0.1, 0.15) is 0 Å². The van der Waals surface area contributed by atoms with Crippen LogP contribution in [0.4, 0.5) is 5.69 Å². The van der Waals surface area contributed by atoms with Gasteiger partial charge in [0.05, 0.1) is 21.8 Å². The summed E-state index contributed by atoms with van der Waals surface area (Å²) < 4.78 is 0. The van der Waals surface area contributed by atoms with Crippen molar-refractivity contribution in [3.05, 3.63) is 35.2 Å². The molecule has 0 amide bonds. The van der Waals surface area contributed by atoms with Crippen LogP contribution in [0.15, 0.2) is 45.0 Å². The van der Waals surface area contributed by atoms with Crippen LogP contribution in [0.25, 0.3) is 0 Å². The standard InChI is InChI=1S/C15H25NSSi2/c1-18(2,3)12-13(19(4,5)6)11-16-14-9-7-8-10-15(14)17/h7-12,17H,1-6H3. The van der Waals surface area contributed by atoms with E-state index in [1.54, 1.807) is 0 Å². The third-order valence-electron chi connectivity index (χ3n) is 2.68. The molecular formula is C15H25NSSi2. The van der Waals surface area contributed by atoms with Crippen molar-refractivity contribution in [1.82, 2.24) is 0 Å². The molecule has 19 heavy (non-hydrogen) atoms. The second-order valence-electron chi connectivity index (χ2n) is 6.96. The van der Waals surface area contributed by atoms with Gasteiger partial charge in [-0.05, 0) is 17.3 Å². The molecule has 4 heteroatoms. The lowest BCUT2D eigenvalue weighted by Crippen LogP contribution is -2.29. The number of allylic oxidation sites excluding steroid dienone is 1. The van der Waals surface area contributed by atoms with Crippen LogP contribution >= 0.6 is 12.6 Å². The third-order valence-corrected chi connectivity index (χ3v) is 6.53. The highest BCUT2D eigenvalue weighted by Gasteiger charge is 2.21. The van der Waals surface area contributed by atoms with Gasteiger partial charge in [-0.15, -0.1) is 12.6 Å². The minimum atomic E-state index is -1.35. The highest BCUT2D eigenvalue weighted by molar-refractivity contribution is 7.80. The van der Waals surface area contributed by atoms with E-state index in [1.165, 1.54) is 5.20 Å². The molecule has 0 aliphatic rings. The highest BCUT2D eigenvalue weighted by Crippen LogP contribution is 2.23. The highest BCUT2D eigenvalue weighted by atomic mass is 32.1. The van der Waals surface area contributed by atoms with Gasteiger partial charge >= 0.3 is 0 Å². The second-order valence-corrected chi connectivity index (χ2v) is 17.5. The molecule has 1 nitrogen and oxygen atoms in total. The van der Waals surface area contributed by atoms with Gasteiger partial charge in [-0.25, -0.2) is 0 Å². The number of nitrogens with zero attached hydrogens (tertiary/aromatic N) is 1. The minimum Gasteiger partial charge on any atom is -0.256 e. The van der Waals surface area contributed by atoms with Crippen LogP contribution in [0.5, 0.6) is 0 Å². The molecule has 0 unspecified atom stereocenters. The van der Waals surface area contributed by atoms with Crippen molar-refractivity contribution in [2.75, 3.05) is 0 Å². The van der Waals surface area contributed by atoms with Gasteiger partial charge < -0.3 is 0 Å². The number of thiol groups is 1. The molecule has 0 aliphatic carbocycles. The molecule has 0 aromatic heterocycles. The van der Waals surface area contributed by atoms with E-state index >= 15 is 0 Å². The van der Waals surface area contributed by atoms with Crippen molar-refractivity contribution < 1.29 is 0 Å². The molecule has 0 heterocycles. The predicted octanol–water partition coefficient (Wildman–Crippen LogP) is 5.36. The summed E-state index contributed by atoms with van der Waals surface area (Å²) >= 11 is 4.45. The van der Waals surface area contributed by atoms with Crippen molar-refractivity contribution in [1.29, 1.82) is 0 Å². The molecule has 0 radical (unpaired) electrons. The quantitative estimate of drug-likeness (QED) is 0.437. The molecule has 1 aromatic rings. The molecule has 0 aliphatic heterocycles. The Morgan fingerprint density at radius 1 is 1.05 bits per heavy atom. The van der Waals surface area contributed by atoms with Crippen molar-refractivity contribution in [3.8, 4) is 0 Å². The lowest BCUT2D eigenvalue weighted by molar-refractivity contribution is 1.39. The Labute approximate surface area is 125 Å². The van der Waals surface area contributed by atoms with Crippen LogP contribution in [0, 0.1) is 0 Å². The summed E-state index contributed by atoms with van der Waals surface area (Å²) in [6.07, 6.45) is 2.07. The number of hydrogen-bond acceptors (Lipinski definition) is 2. The van der Waals surface area contributed by atoms with Gasteiger partial charge in [-0.3, -0.25) is 4.99 Å². The lowest BCUT2D eigenvalue weighted by atomic mass is 10.3. The number of benzene rings is 1. The van der Waals surface area contributed by atoms with Crippen LogP contribution in [-0.4, -0.2) is 22.4 Å².